The monoisotopic (exact) mass is 231 g/mol. The number of piperazine rings is 1. The minimum Gasteiger partial charge on any atom is -0.395 e. The maximum Gasteiger partial charge on any atom is 0.241 e. The van der Waals surface area contributed by atoms with Crippen LogP contribution >= 0.6 is 0 Å². The number of ether oxygens (including phenoxy) is 1. The number of rotatable bonds is 5. The van der Waals surface area contributed by atoms with E-state index < -0.39 is 6.04 Å². The molecule has 6 nitrogen and oxygen atoms in total. The molecule has 1 heterocycles. The highest BCUT2D eigenvalue weighted by Crippen LogP contribution is 2.03. The second kappa shape index (κ2) is 6.80. The predicted molar refractivity (Wildman–Crippen MR) is 60.0 cm³/mol. The highest BCUT2D eigenvalue weighted by atomic mass is 16.5. The highest BCUT2D eigenvalue weighted by molar-refractivity contribution is 5.81. The molecule has 0 aliphatic carbocycles. The van der Waals surface area contributed by atoms with Gasteiger partial charge in [-0.1, -0.05) is 0 Å². The molecule has 6 heteroatoms. The molecule has 0 spiro atoms. The van der Waals surface area contributed by atoms with Crippen LogP contribution in [-0.4, -0.2) is 79.9 Å². The highest BCUT2D eigenvalue weighted by Gasteiger charge is 2.24. The lowest BCUT2D eigenvalue weighted by molar-refractivity contribution is -0.135. The molecule has 1 aliphatic heterocycles. The first-order valence-electron chi connectivity index (χ1n) is 5.55. The van der Waals surface area contributed by atoms with Crippen molar-refractivity contribution in [3.8, 4) is 0 Å². The summed E-state index contributed by atoms with van der Waals surface area (Å²) in [5.41, 5.74) is 5.68. The predicted octanol–water partition coefficient (Wildman–Crippen LogP) is -1.90. The van der Waals surface area contributed by atoms with Crippen molar-refractivity contribution in [2.45, 2.75) is 6.04 Å². The van der Waals surface area contributed by atoms with Gasteiger partial charge in [0.1, 0.15) is 6.04 Å². The second-order valence-corrected chi connectivity index (χ2v) is 3.95. The number of methoxy groups -OCH3 is 1. The van der Waals surface area contributed by atoms with E-state index in [0.29, 0.717) is 19.6 Å². The standard InChI is InChI=1S/C10H21N3O3/c1-16-8-9(11)10(15)13-4-2-12(3-5-13)6-7-14/h9,14H,2-8,11H2,1H3. The van der Waals surface area contributed by atoms with Crippen LogP contribution in [-0.2, 0) is 9.53 Å². The van der Waals surface area contributed by atoms with E-state index in [1.165, 1.54) is 7.11 Å². The number of β-amino-alcohol motifs (C(OH)–C–C–N with tert-alkyl or cyclic N) is 1. The Bertz CT molecular complexity index is 217. The molecule has 1 fully saturated rings. The number of amides is 1. The molecule has 1 saturated heterocycles. The Labute approximate surface area is 95.9 Å². The largest absolute Gasteiger partial charge is 0.395 e. The number of hydrogen-bond donors (Lipinski definition) is 2. The molecule has 0 aromatic heterocycles. The number of aliphatic hydroxyl groups excluding tert-OH is 1. The van der Waals surface area contributed by atoms with Gasteiger partial charge in [-0.3, -0.25) is 9.69 Å². The van der Waals surface area contributed by atoms with Crippen molar-refractivity contribution in [1.82, 2.24) is 9.80 Å². The summed E-state index contributed by atoms with van der Waals surface area (Å²) >= 11 is 0. The number of nitrogens with zero attached hydrogens (tertiary/aromatic N) is 2. The summed E-state index contributed by atoms with van der Waals surface area (Å²) in [7, 11) is 1.53. The van der Waals surface area contributed by atoms with Gasteiger partial charge >= 0.3 is 0 Å². The molecule has 94 valence electrons. The van der Waals surface area contributed by atoms with Crippen LogP contribution in [0.15, 0.2) is 0 Å². The zero-order valence-electron chi connectivity index (χ0n) is 9.76. The Hall–Kier alpha value is -0.690. The topological polar surface area (TPSA) is 79.0 Å². The lowest BCUT2D eigenvalue weighted by Gasteiger charge is -2.35. The van der Waals surface area contributed by atoms with Gasteiger partial charge in [-0.15, -0.1) is 0 Å². The van der Waals surface area contributed by atoms with E-state index in [1.807, 2.05) is 0 Å². The van der Waals surface area contributed by atoms with E-state index in [1.54, 1.807) is 4.90 Å². The van der Waals surface area contributed by atoms with Gasteiger partial charge in [0, 0.05) is 39.8 Å². The van der Waals surface area contributed by atoms with Crippen LogP contribution in [0.1, 0.15) is 0 Å². The summed E-state index contributed by atoms with van der Waals surface area (Å²) in [6, 6.07) is -0.561. The van der Waals surface area contributed by atoms with E-state index in [9.17, 15) is 4.79 Å². The Kier molecular flexibility index (Phi) is 5.68. The van der Waals surface area contributed by atoms with Crippen LogP contribution in [0, 0.1) is 0 Å². The van der Waals surface area contributed by atoms with Gasteiger partial charge in [0.05, 0.1) is 13.2 Å². The number of carbonyl (C=O) groups is 1. The number of aliphatic hydroxyl groups is 1. The van der Waals surface area contributed by atoms with E-state index in [4.69, 9.17) is 15.6 Å². The van der Waals surface area contributed by atoms with E-state index in [0.717, 1.165) is 13.1 Å². The normalized spacial score (nSPS) is 19.8. The second-order valence-electron chi connectivity index (χ2n) is 3.95. The van der Waals surface area contributed by atoms with Crippen molar-refractivity contribution in [2.24, 2.45) is 5.73 Å². The van der Waals surface area contributed by atoms with Crippen molar-refractivity contribution in [3.63, 3.8) is 0 Å². The van der Waals surface area contributed by atoms with Crippen molar-refractivity contribution < 1.29 is 14.6 Å². The van der Waals surface area contributed by atoms with Gasteiger partial charge in [-0.05, 0) is 0 Å². The summed E-state index contributed by atoms with van der Waals surface area (Å²) in [6.07, 6.45) is 0. The third-order valence-corrected chi connectivity index (χ3v) is 2.76. The Morgan fingerprint density at radius 3 is 2.56 bits per heavy atom. The van der Waals surface area contributed by atoms with Gasteiger partial charge in [-0.2, -0.15) is 0 Å². The van der Waals surface area contributed by atoms with Crippen molar-refractivity contribution in [1.29, 1.82) is 0 Å². The molecular weight excluding hydrogens is 210 g/mol. The lowest BCUT2D eigenvalue weighted by atomic mass is 10.2. The molecule has 0 bridgehead atoms. The minimum absolute atomic E-state index is 0.0505. The SMILES string of the molecule is COCC(N)C(=O)N1CCN(CCO)CC1. The molecule has 0 aromatic rings. The Morgan fingerprint density at radius 1 is 1.44 bits per heavy atom. The Balaban J connectivity index is 2.32. The maximum absolute atomic E-state index is 11.8. The molecule has 3 N–H and O–H groups in total. The molecule has 1 unspecified atom stereocenters. The lowest BCUT2D eigenvalue weighted by Crippen LogP contribution is -2.54. The average Bonchev–Trinajstić information content (AvgIpc) is 2.30. The third kappa shape index (κ3) is 3.71. The van der Waals surface area contributed by atoms with Gasteiger partial charge in [-0.25, -0.2) is 0 Å². The van der Waals surface area contributed by atoms with Crippen LogP contribution < -0.4 is 5.73 Å². The van der Waals surface area contributed by atoms with Crippen LogP contribution in [0.2, 0.25) is 0 Å². The molecule has 0 saturated carbocycles. The zero-order chi connectivity index (χ0) is 12.0. The fourth-order valence-corrected chi connectivity index (χ4v) is 1.82. The van der Waals surface area contributed by atoms with Gasteiger partial charge in [0.15, 0.2) is 0 Å². The van der Waals surface area contributed by atoms with E-state index >= 15 is 0 Å². The maximum atomic E-state index is 11.8. The molecule has 1 amide bonds. The molecule has 1 rings (SSSR count). The van der Waals surface area contributed by atoms with Gasteiger partial charge in [0.25, 0.3) is 0 Å². The van der Waals surface area contributed by atoms with Gasteiger partial charge < -0.3 is 20.5 Å². The molecule has 16 heavy (non-hydrogen) atoms. The third-order valence-electron chi connectivity index (χ3n) is 2.76. The first-order chi connectivity index (χ1) is 7.69. The zero-order valence-corrected chi connectivity index (χ0v) is 9.76. The fraction of sp³-hybridized carbons (Fsp3) is 0.900. The Morgan fingerprint density at radius 2 is 2.06 bits per heavy atom. The van der Waals surface area contributed by atoms with Crippen molar-refractivity contribution in [2.75, 3.05) is 53.0 Å². The summed E-state index contributed by atoms with van der Waals surface area (Å²) in [6.45, 7) is 4.05. The molecule has 1 aliphatic rings. The smallest absolute Gasteiger partial charge is 0.241 e. The van der Waals surface area contributed by atoms with Crippen LogP contribution in [0.5, 0.6) is 0 Å². The number of nitrogens with two attached hydrogens (primary N) is 1. The number of carbonyl (C=O) groups excluding carboxylic acids is 1. The molecule has 1 atom stereocenters. The number of hydrogen-bond acceptors (Lipinski definition) is 5. The van der Waals surface area contributed by atoms with E-state index in [2.05, 4.69) is 4.90 Å². The van der Waals surface area contributed by atoms with Crippen molar-refractivity contribution in [3.05, 3.63) is 0 Å². The summed E-state index contributed by atoms with van der Waals surface area (Å²) in [5.74, 6) is -0.0505. The van der Waals surface area contributed by atoms with Crippen LogP contribution in [0.25, 0.3) is 0 Å². The van der Waals surface area contributed by atoms with Crippen molar-refractivity contribution >= 4 is 5.91 Å². The summed E-state index contributed by atoms with van der Waals surface area (Å²) in [4.78, 5) is 15.7. The molecule has 0 radical (unpaired) electrons. The summed E-state index contributed by atoms with van der Waals surface area (Å²) in [5, 5.41) is 8.79. The molecule has 0 aromatic carbocycles. The average molecular weight is 231 g/mol. The first kappa shape index (κ1) is 13.4. The summed E-state index contributed by atoms with van der Waals surface area (Å²) < 4.78 is 4.86. The van der Waals surface area contributed by atoms with E-state index in [-0.39, 0.29) is 19.1 Å². The van der Waals surface area contributed by atoms with Gasteiger partial charge in [0.2, 0.25) is 5.91 Å². The minimum atomic E-state index is -0.561. The van der Waals surface area contributed by atoms with Crippen LogP contribution in [0.4, 0.5) is 0 Å². The molecular formula is C10H21N3O3. The first-order valence-corrected chi connectivity index (χ1v) is 5.55. The fourth-order valence-electron chi connectivity index (χ4n) is 1.82. The van der Waals surface area contributed by atoms with Crippen LogP contribution in [0.3, 0.4) is 0 Å². The quantitative estimate of drug-likeness (QED) is 0.577.